The normalized spacial score (nSPS) is 11.5. The highest BCUT2D eigenvalue weighted by atomic mass is 79.9. The Morgan fingerprint density at radius 2 is 1.66 bits per heavy atom. The smallest absolute Gasteiger partial charge is 0.261 e. The fourth-order valence-corrected chi connectivity index (χ4v) is 4.28. The van der Waals surface area contributed by atoms with E-state index in [-0.39, 0.29) is 30.8 Å². The summed E-state index contributed by atoms with van der Waals surface area (Å²) < 4.78 is 20.1. The molecule has 1 N–H and O–H groups in total. The van der Waals surface area contributed by atoms with E-state index in [0.29, 0.717) is 18.7 Å². The zero-order chi connectivity index (χ0) is 25.2. The lowest BCUT2D eigenvalue weighted by Crippen LogP contribution is -2.51. The van der Waals surface area contributed by atoms with Gasteiger partial charge in [-0.1, -0.05) is 55.5 Å². The molecule has 2 amide bonds. The number of nitrogens with one attached hydrogen (secondary N) is 1. The molecule has 3 aromatic rings. The van der Waals surface area contributed by atoms with Gasteiger partial charge in [-0.2, -0.15) is 0 Å². The fourth-order valence-electron chi connectivity index (χ4n) is 3.74. The van der Waals surface area contributed by atoms with Crippen LogP contribution >= 0.6 is 15.9 Å². The highest BCUT2D eigenvalue weighted by molar-refractivity contribution is 9.10. The van der Waals surface area contributed by atoms with E-state index in [1.54, 1.807) is 12.1 Å². The van der Waals surface area contributed by atoms with Crippen molar-refractivity contribution in [1.29, 1.82) is 0 Å². The second kappa shape index (κ2) is 13.0. The number of ether oxygens (including phenoxy) is 1. The predicted molar refractivity (Wildman–Crippen MR) is 139 cm³/mol. The molecule has 0 aliphatic heterocycles. The monoisotopic (exact) mass is 540 g/mol. The molecule has 3 aromatic carbocycles. The van der Waals surface area contributed by atoms with Gasteiger partial charge in [-0.05, 0) is 70.2 Å². The topological polar surface area (TPSA) is 58.6 Å². The molecule has 0 radical (unpaired) electrons. The third-order valence-electron chi connectivity index (χ3n) is 5.64. The molecule has 0 heterocycles. The standard InChI is InChI=1S/C28H30BrFN2O3/c1-3-20-12-15-26(24(29)16-20)35-19-27(33)32(18-22-10-13-23(30)14-11-22)25(28(34)31-4-2)17-21-8-6-5-7-9-21/h5-16,25H,3-4,17-19H2,1-2H3,(H,31,34)/t25-/m1/s1. The zero-order valence-corrected chi connectivity index (χ0v) is 21.6. The number of nitrogens with zero attached hydrogens (tertiary/aromatic N) is 1. The van der Waals surface area contributed by atoms with Gasteiger partial charge in [0.1, 0.15) is 17.6 Å². The van der Waals surface area contributed by atoms with Crippen molar-refractivity contribution >= 4 is 27.7 Å². The number of hydrogen-bond acceptors (Lipinski definition) is 3. The summed E-state index contributed by atoms with van der Waals surface area (Å²) in [5.41, 5.74) is 2.79. The summed E-state index contributed by atoms with van der Waals surface area (Å²) in [6, 6.07) is 20.5. The lowest BCUT2D eigenvalue weighted by Gasteiger charge is -2.31. The number of amides is 2. The highest BCUT2D eigenvalue weighted by Crippen LogP contribution is 2.26. The van der Waals surface area contributed by atoms with Gasteiger partial charge in [0.2, 0.25) is 5.91 Å². The fraction of sp³-hybridized carbons (Fsp3) is 0.286. The van der Waals surface area contributed by atoms with Crippen molar-refractivity contribution in [2.24, 2.45) is 0 Å². The van der Waals surface area contributed by atoms with Gasteiger partial charge >= 0.3 is 0 Å². The van der Waals surface area contributed by atoms with Gasteiger partial charge in [0.15, 0.2) is 6.61 Å². The summed E-state index contributed by atoms with van der Waals surface area (Å²) in [5.74, 6) is -0.400. The van der Waals surface area contributed by atoms with E-state index in [4.69, 9.17) is 4.74 Å². The molecule has 1 atom stereocenters. The van der Waals surface area contributed by atoms with Crippen LogP contribution in [0.4, 0.5) is 4.39 Å². The number of carbonyl (C=O) groups is 2. The van der Waals surface area contributed by atoms with E-state index in [1.165, 1.54) is 17.0 Å². The van der Waals surface area contributed by atoms with Crippen molar-refractivity contribution in [3.05, 3.63) is 99.8 Å². The minimum atomic E-state index is -0.760. The summed E-state index contributed by atoms with van der Waals surface area (Å²) in [7, 11) is 0. The number of rotatable bonds is 11. The molecule has 3 rings (SSSR count). The molecular formula is C28H30BrFN2O3. The van der Waals surface area contributed by atoms with Crippen LogP contribution in [0.2, 0.25) is 0 Å². The van der Waals surface area contributed by atoms with E-state index < -0.39 is 6.04 Å². The SMILES string of the molecule is CCNC(=O)[C@@H](Cc1ccccc1)N(Cc1ccc(F)cc1)C(=O)COc1ccc(CC)cc1Br. The minimum absolute atomic E-state index is 0.146. The molecule has 0 unspecified atom stereocenters. The number of likely N-dealkylation sites (N-methyl/N-ethyl adjacent to an activating group) is 1. The number of carbonyl (C=O) groups excluding carboxylic acids is 2. The Balaban J connectivity index is 1.88. The molecular weight excluding hydrogens is 511 g/mol. The first-order valence-corrected chi connectivity index (χ1v) is 12.5. The number of hydrogen-bond donors (Lipinski definition) is 1. The van der Waals surface area contributed by atoms with Crippen LogP contribution in [-0.2, 0) is 29.0 Å². The first-order chi connectivity index (χ1) is 16.9. The van der Waals surface area contributed by atoms with Gasteiger partial charge in [-0.3, -0.25) is 9.59 Å². The molecule has 7 heteroatoms. The molecule has 0 spiro atoms. The first-order valence-electron chi connectivity index (χ1n) is 11.7. The quantitative estimate of drug-likeness (QED) is 0.358. The summed E-state index contributed by atoms with van der Waals surface area (Å²) in [6.07, 6.45) is 1.23. The molecule has 35 heavy (non-hydrogen) atoms. The average Bonchev–Trinajstić information content (AvgIpc) is 2.87. The lowest BCUT2D eigenvalue weighted by atomic mass is 10.0. The van der Waals surface area contributed by atoms with Gasteiger partial charge in [-0.15, -0.1) is 0 Å². The first kappa shape index (κ1) is 26.4. The molecule has 0 aliphatic carbocycles. The Labute approximate surface area is 214 Å². The van der Waals surface area contributed by atoms with E-state index in [2.05, 4.69) is 28.2 Å². The number of benzene rings is 3. The third-order valence-corrected chi connectivity index (χ3v) is 6.26. The summed E-state index contributed by atoms with van der Waals surface area (Å²) in [4.78, 5) is 28.1. The minimum Gasteiger partial charge on any atom is -0.483 e. The maximum atomic E-state index is 13.5. The average molecular weight is 541 g/mol. The molecule has 5 nitrogen and oxygen atoms in total. The summed E-state index contributed by atoms with van der Waals surface area (Å²) in [6.45, 7) is 4.25. The Morgan fingerprint density at radius 3 is 2.29 bits per heavy atom. The Morgan fingerprint density at radius 1 is 0.971 bits per heavy atom. The zero-order valence-electron chi connectivity index (χ0n) is 20.0. The van der Waals surface area contributed by atoms with Crippen molar-refractivity contribution in [3.8, 4) is 5.75 Å². The van der Waals surface area contributed by atoms with E-state index >= 15 is 0 Å². The molecule has 0 fully saturated rings. The summed E-state index contributed by atoms with van der Waals surface area (Å²) in [5, 5.41) is 2.85. The molecule has 0 saturated heterocycles. The van der Waals surface area contributed by atoms with Crippen molar-refractivity contribution in [3.63, 3.8) is 0 Å². The van der Waals surface area contributed by atoms with Gasteiger partial charge in [0, 0.05) is 19.5 Å². The predicted octanol–water partition coefficient (Wildman–Crippen LogP) is 5.31. The number of aryl methyl sites for hydroxylation is 1. The Bertz CT molecular complexity index is 1120. The largest absolute Gasteiger partial charge is 0.483 e. The lowest BCUT2D eigenvalue weighted by molar-refractivity contribution is -0.142. The molecule has 0 bridgehead atoms. The molecule has 184 valence electrons. The van der Waals surface area contributed by atoms with E-state index in [1.807, 2.05) is 55.5 Å². The van der Waals surface area contributed by atoms with Crippen molar-refractivity contribution < 1.29 is 18.7 Å². The second-order valence-corrected chi connectivity index (χ2v) is 9.01. The highest BCUT2D eigenvalue weighted by Gasteiger charge is 2.30. The van der Waals surface area contributed by atoms with E-state index in [0.717, 1.165) is 27.6 Å². The second-order valence-electron chi connectivity index (χ2n) is 8.16. The van der Waals surface area contributed by atoms with Crippen LogP contribution in [0, 0.1) is 5.82 Å². The van der Waals surface area contributed by atoms with Crippen LogP contribution in [0.15, 0.2) is 77.3 Å². The van der Waals surface area contributed by atoms with Crippen LogP contribution in [0.5, 0.6) is 5.75 Å². The maximum Gasteiger partial charge on any atom is 0.261 e. The van der Waals surface area contributed by atoms with Gasteiger partial charge < -0.3 is 15.0 Å². The Hall–Kier alpha value is -3.19. The van der Waals surface area contributed by atoms with Crippen molar-refractivity contribution in [1.82, 2.24) is 10.2 Å². The summed E-state index contributed by atoms with van der Waals surface area (Å²) >= 11 is 3.50. The van der Waals surface area contributed by atoms with Crippen LogP contribution < -0.4 is 10.1 Å². The molecule has 0 saturated carbocycles. The van der Waals surface area contributed by atoms with Gasteiger partial charge in [-0.25, -0.2) is 4.39 Å². The van der Waals surface area contributed by atoms with Gasteiger partial charge in [0.05, 0.1) is 4.47 Å². The van der Waals surface area contributed by atoms with Crippen molar-refractivity contribution in [2.45, 2.75) is 39.3 Å². The maximum absolute atomic E-state index is 13.5. The van der Waals surface area contributed by atoms with Crippen LogP contribution in [0.1, 0.15) is 30.5 Å². The Kier molecular flexibility index (Phi) is 9.85. The van der Waals surface area contributed by atoms with Crippen LogP contribution in [0.3, 0.4) is 0 Å². The van der Waals surface area contributed by atoms with Crippen LogP contribution in [0.25, 0.3) is 0 Å². The van der Waals surface area contributed by atoms with Crippen LogP contribution in [-0.4, -0.2) is 35.9 Å². The molecule has 0 aromatic heterocycles. The van der Waals surface area contributed by atoms with Crippen molar-refractivity contribution in [2.75, 3.05) is 13.2 Å². The third kappa shape index (κ3) is 7.65. The van der Waals surface area contributed by atoms with Gasteiger partial charge in [0.25, 0.3) is 5.91 Å². The number of halogens is 2. The van der Waals surface area contributed by atoms with E-state index in [9.17, 15) is 14.0 Å². The molecule has 0 aliphatic rings.